The zero-order chi connectivity index (χ0) is 22.1. The minimum absolute atomic E-state index is 0.188. The number of ether oxygens (including phenoxy) is 1. The van der Waals surface area contributed by atoms with Gasteiger partial charge < -0.3 is 15.0 Å². The molecular formula is C25H23N5O2. The Morgan fingerprint density at radius 1 is 1.19 bits per heavy atom. The molecule has 1 amide bonds. The van der Waals surface area contributed by atoms with Crippen LogP contribution < -0.4 is 10.2 Å². The first kappa shape index (κ1) is 20.2. The first-order valence-corrected chi connectivity index (χ1v) is 10.6. The van der Waals surface area contributed by atoms with E-state index in [9.17, 15) is 10.1 Å². The largest absolute Gasteiger partial charge is 0.375 e. The molecule has 7 nitrogen and oxygen atoms in total. The Labute approximate surface area is 186 Å². The zero-order valence-corrected chi connectivity index (χ0v) is 17.8. The van der Waals surface area contributed by atoms with Gasteiger partial charge in [-0.05, 0) is 59.5 Å². The average molecular weight is 425 g/mol. The van der Waals surface area contributed by atoms with E-state index in [4.69, 9.17) is 4.74 Å². The maximum Gasteiger partial charge on any atom is 0.251 e. The molecule has 0 spiro atoms. The van der Waals surface area contributed by atoms with Gasteiger partial charge in [0.2, 0.25) is 0 Å². The number of hydrogen-bond acceptors (Lipinski definition) is 6. The minimum atomic E-state index is -0.747. The SMILES string of the molecule is C[C@@]1(C#N)COCc2ccc(C(=O)NCc3cc(N4Cc5ccncc5C4)ccn3)cc21. The molecule has 7 heteroatoms. The van der Waals surface area contributed by atoms with Gasteiger partial charge in [0.1, 0.15) is 5.41 Å². The van der Waals surface area contributed by atoms with E-state index < -0.39 is 5.41 Å². The van der Waals surface area contributed by atoms with Crippen LogP contribution in [0, 0.1) is 11.3 Å². The number of amides is 1. The number of carbonyl (C=O) groups excluding carboxylic acids is 1. The van der Waals surface area contributed by atoms with Crippen LogP contribution in [-0.4, -0.2) is 22.5 Å². The van der Waals surface area contributed by atoms with E-state index in [0.29, 0.717) is 25.3 Å². The van der Waals surface area contributed by atoms with E-state index in [-0.39, 0.29) is 5.91 Å². The molecule has 1 atom stereocenters. The van der Waals surface area contributed by atoms with Crippen LogP contribution in [0.4, 0.5) is 5.69 Å². The highest BCUT2D eigenvalue weighted by atomic mass is 16.5. The first-order chi connectivity index (χ1) is 15.6. The highest BCUT2D eigenvalue weighted by Crippen LogP contribution is 2.32. The third-order valence-corrected chi connectivity index (χ3v) is 6.18. The molecule has 0 bridgehead atoms. The number of benzene rings is 1. The minimum Gasteiger partial charge on any atom is -0.375 e. The van der Waals surface area contributed by atoms with Crippen LogP contribution in [0.3, 0.4) is 0 Å². The summed E-state index contributed by atoms with van der Waals surface area (Å²) in [5.74, 6) is -0.188. The summed E-state index contributed by atoms with van der Waals surface area (Å²) >= 11 is 0. The lowest BCUT2D eigenvalue weighted by Gasteiger charge is -2.30. The average Bonchev–Trinajstić information content (AvgIpc) is 3.27. The number of pyridine rings is 2. The molecule has 0 unspecified atom stereocenters. The third kappa shape index (κ3) is 3.70. The van der Waals surface area contributed by atoms with Crippen molar-refractivity contribution < 1.29 is 9.53 Å². The summed E-state index contributed by atoms with van der Waals surface area (Å²) in [4.78, 5) is 23.7. The summed E-state index contributed by atoms with van der Waals surface area (Å²) in [6.07, 6.45) is 5.51. The van der Waals surface area contributed by atoms with E-state index in [2.05, 4.69) is 32.3 Å². The van der Waals surface area contributed by atoms with Gasteiger partial charge in [-0.3, -0.25) is 14.8 Å². The Morgan fingerprint density at radius 2 is 2.06 bits per heavy atom. The first-order valence-electron chi connectivity index (χ1n) is 10.6. The van der Waals surface area contributed by atoms with Crippen molar-refractivity contribution in [2.45, 2.75) is 38.6 Å². The summed E-state index contributed by atoms with van der Waals surface area (Å²) in [7, 11) is 0. The zero-order valence-electron chi connectivity index (χ0n) is 17.8. The molecule has 0 radical (unpaired) electrons. The van der Waals surface area contributed by atoms with Gasteiger partial charge in [0.15, 0.2) is 0 Å². The third-order valence-electron chi connectivity index (χ3n) is 6.18. The smallest absolute Gasteiger partial charge is 0.251 e. The number of hydrogen-bond donors (Lipinski definition) is 1. The van der Waals surface area contributed by atoms with Crippen molar-refractivity contribution in [3.8, 4) is 6.07 Å². The lowest BCUT2D eigenvalue weighted by atomic mass is 9.79. The summed E-state index contributed by atoms with van der Waals surface area (Å²) in [6.45, 7) is 4.61. The van der Waals surface area contributed by atoms with Crippen molar-refractivity contribution in [1.29, 1.82) is 5.26 Å². The molecule has 3 aromatic rings. The molecule has 32 heavy (non-hydrogen) atoms. The van der Waals surface area contributed by atoms with Gasteiger partial charge in [0.05, 0.1) is 31.5 Å². The number of fused-ring (bicyclic) bond motifs is 2. The van der Waals surface area contributed by atoms with Crippen molar-refractivity contribution >= 4 is 11.6 Å². The molecule has 1 N–H and O–H groups in total. The second-order valence-electron chi connectivity index (χ2n) is 8.50. The molecular weight excluding hydrogens is 402 g/mol. The molecule has 4 heterocycles. The standard InChI is InChI=1S/C25H23N5O2/c1-25(15-26)16-32-14-19-3-2-17(8-23(19)25)24(31)29-11-21-9-22(5-7-28-21)30-12-18-4-6-27-10-20(18)13-30/h2-10H,11-14,16H2,1H3,(H,29,31)/t25-/m1/s1. The number of nitriles is 1. The number of nitrogens with one attached hydrogen (secondary N) is 1. The van der Waals surface area contributed by atoms with Gasteiger partial charge in [-0.25, -0.2) is 0 Å². The molecule has 2 aromatic heterocycles. The van der Waals surface area contributed by atoms with E-state index in [0.717, 1.165) is 35.6 Å². The predicted molar refractivity (Wildman–Crippen MR) is 119 cm³/mol. The van der Waals surface area contributed by atoms with E-state index >= 15 is 0 Å². The normalized spacial score (nSPS) is 19.1. The Morgan fingerprint density at radius 3 is 2.91 bits per heavy atom. The molecule has 0 saturated carbocycles. The van der Waals surface area contributed by atoms with Crippen LogP contribution in [0.5, 0.6) is 0 Å². The van der Waals surface area contributed by atoms with Crippen molar-refractivity contribution in [3.05, 3.63) is 88.5 Å². The predicted octanol–water partition coefficient (Wildman–Crippen LogP) is 3.24. The second-order valence-corrected chi connectivity index (χ2v) is 8.50. The summed E-state index contributed by atoms with van der Waals surface area (Å²) < 4.78 is 5.54. The maximum absolute atomic E-state index is 12.8. The Kier molecular flexibility index (Phi) is 5.08. The molecule has 2 aliphatic rings. The van der Waals surface area contributed by atoms with Gasteiger partial charge in [0.25, 0.3) is 5.91 Å². The quantitative estimate of drug-likeness (QED) is 0.690. The lowest BCUT2D eigenvalue weighted by molar-refractivity contribution is 0.0757. The molecule has 2 aliphatic heterocycles. The van der Waals surface area contributed by atoms with Crippen LogP contribution in [0.1, 0.15) is 45.2 Å². The summed E-state index contributed by atoms with van der Waals surface area (Å²) in [5, 5.41) is 12.6. The van der Waals surface area contributed by atoms with Gasteiger partial charge >= 0.3 is 0 Å². The van der Waals surface area contributed by atoms with Crippen molar-refractivity contribution in [3.63, 3.8) is 0 Å². The summed E-state index contributed by atoms with van der Waals surface area (Å²) in [5.41, 5.74) is 5.98. The van der Waals surface area contributed by atoms with Crippen molar-refractivity contribution in [2.75, 3.05) is 11.5 Å². The van der Waals surface area contributed by atoms with Crippen molar-refractivity contribution in [1.82, 2.24) is 15.3 Å². The maximum atomic E-state index is 12.8. The Bertz CT molecular complexity index is 1210. The van der Waals surface area contributed by atoms with E-state index in [1.807, 2.05) is 43.6 Å². The number of rotatable bonds is 4. The number of aromatic nitrogens is 2. The molecule has 0 saturated heterocycles. The van der Waals surface area contributed by atoms with Crippen LogP contribution in [0.15, 0.2) is 55.0 Å². The number of anilines is 1. The Hall–Kier alpha value is -3.76. The second kappa shape index (κ2) is 8.06. The van der Waals surface area contributed by atoms with Crippen LogP contribution in [-0.2, 0) is 36.4 Å². The van der Waals surface area contributed by atoms with Crippen LogP contribution in [0.25, 0.3) is 0 Å². The fourth-order valence-corrected chi connectivity index (χ4v) is 4.33. The van der Waals surface area contributed by atoms with Crippen LogP contribution >= 0.6 is 0 Å². The molecule has 160 valence electrons. The van der Waals surface area contributed by atoms with Gasteiger partial charge in [-0.15, -0.1) is 0 Å². The van der Waals surface area contributed by atoms with Gasteiger partial charge in [-0.1, -0.05) is 6.07 Å². The fraction of sp³-hybridized carbons (Fsp3) is 0.280. The number of nitrogens with zero attached hydrogens (tertiary/aromatic N) is 4. The van der Waals surface area contributed by atoms with Gasteiger partial charge in [-0.2, -0.15) is 5.26 Å². The fourth-order valence-electron chi connectivity index (χ4n) is 4.33. The Balaban J connectivity index is 1.28. The lowest BCUT2D eigenvalue weighted by Crippen LogP contribution is -2.33. The molecule has 0 fully saturated rings. The van der Waals surface area contributed by atoms with Crippen LogP contribution in [0.2, 0.25) is 0 Å². The highest BCUT2D eigenvalue weighted by Gasteiger charge is 2.33. The molecule has 0 aliphatic carbocycles. The monoisotopic (exact) mass is 425 g/mol. The molecule has 5 rings (SSSR count). The summed E-state index contributed by atoms with van der Waals surface area (Å²) in [6, 6.07) is 13.8. The number of carbonyl (C=O) groups is 1. The topological polar surface area (TPSA) is 91.1 Å². The van der Waals surface area contributed by atoms with E-state index in [1.54, 1.807) is 12.3 Å². The van der Waals surface area contributed by atoms with E-state index in [1.165, 1.54) is 11.1 Å². The molecule has 1 aromatic carbocycles. The highest BCUT2D eigenvalue weighted by molar-refractivity contribution is 5.94. The van der Waals surface area contributed by atoms with Gasteiger partial charge in [0, 0.05) is 42.9 Å². The van der Waals surface area contributed by atoms with Crippen molar-refractivity contribution in [2.24, 2.45) is 0 Å².